The maximum absolute atomic E-state index is 6.51. The number of rotatable bonds is 5. The molecule has 6 heteroatoms. The van der Waals surface area contributed by atoms with Crippen molar-refractivity contribution in [1.29, 1.82) is 0 Å². The Morgan fingerprint density at radius 1 is 0.686 bits per heavy atom. The third kappa shape index (κ3) is 7.68. The normalized spacial score (nSPS) is 11.9. The standard InChI is InChI=1S/C31H28GeNO.C14H16NSi.Ir/c1-19(2)20-13-14-33-29(17-20)26-8-6-7-25-28-16-22-10-9-21-15-23(32(3,4)5)11-12-24(21)27(22)18-30(28)34-31(25)26;1-16(2,3)13-9-10-14(15-11-13)12-7-5-4-6-8-12;/h6-7,9-19H,1-5H3;4-7,9-11H,1-3H3;/q2*-1;. The van der Waals surface area contributed by atoms with E-state index in [4.69, 9.17) is 4.42 Å². The molecule has 0 N–H and O–H groups in total. The Hall–Kier alpha value is -3.87. The minimum atomic E-state index is -1.88. The van der Waals surface area contributed by atoms with Gasteiger partial charge in [0.1, 0.15) is 0 Å². The van der Waals surface area contributed by atoms with Crippen LogP contribution in [0, 0.1) is 12.1 Å². The van der Waals surface area contributed by atoms with Gasteiger partial charge < -0.3 is 4.98 Å². The number of pyridine rings is 2. The van der Waals surface area contributed by atoms with Crippen molar-refractivity contribution in [3.8, 4) is 22.5 Å². The van der Waals surface area contributed by atoms with Crippen LogP contribution < -0.4 is 9.58 Å². The summed E-state index contributed by atoms with van der Waals surface area (Å²) in [5.41, 5.74) is 6.93. The van der Waals surface area contributed by atoms with Crippen LogP contribution in [0.5, 0.6) is 0 Å². The average Bonchev–Trinajstić information content (AvgIpc) is 3.48. The summed E-state index contributed by atoms with van der Waals surface area (Å²) in [6.45, 7) is 11.4. The molecule has 0 unspecified atom stereocenters. The fourth-order valence-corrected chi connectivity index (χ4v) is 9.94. The monoisotopic (exact) mass is 923 g/mol. The molecule has 0 saturated heterocycles. The molecule has 0 spiro atoms. The zero-order chi connectivity index (χ0) is 35.2. The molecule has 0 aliphatic carbocycles. The third-order valence-electron chi connectivity index (χ3n) is 9.57. The molecule has 8 rings (SSSR count). The van der Waals surface area contributed by atoms with Crippen molar-refractivity contribution in [2.24, 2.45) is 0 Å². The molecule has 5 aromatic carbocycles. The molecular formula is C45H44GeIrN2OSi-2. The van der Waals surface area contributed by atoms with E-state index < -0.39 is 21.3 Å². The molecule has 8 aromatic rings. The summed E-state index contributed by atoms with van der Waals surface area (Å²) in [5.74, 6) is 7.78. The number of fused-ring (bicyclic) bond motifs is 6. The van der Waals surface area contributed by atoms with Crippen LogP contribution in [-0.4, -0.2) is 31.3 Å². The Kier molecular flexibility index (Phi) is 10.6. The Morgan fingerprint density at radius 2 is 1.47 bits per heavy atom. The fraction of sp³-hybridized carbons (Fsp3) is 0.200. The summed E-state index contributed by atoms with van der Waals surface area (Å²) in [5, 5.41) is 8.71. The zero-order valence-corrected chi connectivity index (χ0v) is 36.2. The van der Waals surface area contributed by atoms with Crippen molar-refractivity contribution < 1.29 is 24.5 Å². The number of benzene rings is 5. The molecule has 3 aromatic heterocycles. The van der Waals surface area contributed by atoms with Gasteiger partial charge in [-0.1, -0.05) is 51.2 Å². The van der Waals surface area contributed by atoms with Crippen LogP contribution in [0.2, 0.25) is 36.9 Å². The van der Waals surface area contributed by atoms with E-state index in [1.807, 2.05) is 42.7 Å². The first-order valence-corrected chi connectivity index (χ1v) is 28.3. The van der Waals surface area contributed by atoms with Gasteiger partial charge in [-0.05, 0) is 22.9 Å². The summed E-state index contributed by atoms with van der Waals surface area (Å²) in [4.78, 5) is 9.17. The summed E-state index contributed by atoms with van der Waals surface area (Å²) in [7, 11) is -1.23. The van der Waals surface area contributed by atoms with Crippen LogP contribution in [-0.2, 0) is 20.1 Å². The summed E-state index contributed by atoms with van der Waals surface area (Å²) >= 11 is -1.88. The van der Waals surface area contributed by atoms with Gasteiger partial charge >= 0.3 is 166 Å². The van der Waals surface area contributed by atoms with Crippen LogP contribution in [0.25, 0.3) is 66.0 Å². The van der Waals surface area contributed by atoms with Gasteiger partial charge in [-0.2, -0.15) is 0 Å². The third-order valence-corrected chi connectivity index (χ3v) is 15.9. The zero-order valence-electron chi connectivity index (χ0n) is 30.7. The predicted molar refractivity (Wildman–Crippen MR) is 219 cm³/mol. The van der Waals surface area contributed by atoms with Crippen molar-refractivity contribution in [2.75, 3.05) is 0 Å². The van der Waals surface area contributed by atoms with Gasteiger partial charge in [-0.3, -0.25) is 0 Å². The molecule has 0 saturated carbocycles. The van der Waals surface area contributed by atoms with Crippen molar-refractivity contribution in [1.82, 2.24) is 9.97 Å². The first-order chi connectivity index (χ1) is 23.9. The molecule has 3 heterocycles. The number of hydrogen-bond donors (Lipinski definition) is 0. The second-order valence-electron chi connectivity index (χ2n) is 15.6. The minimum absolute atomic E-state index is 0. The van der Waals surface area contributed by atoms with E-state index >= 15 is 0 Å². The number of hydrogen-bond acceptors (Lipinski definition) is 3. The molecule has 3 nitrogen and oxygen atoms in total. The van der Waals surface area contributed by atoms with Crippen molar-refractivity contribution in [3.63, 3.8) is 0 Å². The quantitative estimate of drug-likeness (QED) is 0.0981. The van der Waals surface area contributed by atoms with E-state index in [2.05, 4.69) is 146 Å². The smallest absolute Gasteiger partial charge is 0.305 e. The molecule has 0 amide bonds. The predicted octanol–water partition coefficient (Wildman–Crippen LogP) is 11.5. The van der Waals surface area contributed by atoms with E-state index in [0.29, 0.717) is 5.92 Å². The van der Waals surface area contributed by atoms with Gasteiger partial charge in [0, 0.05) is 32.5 Å². The van der Waals surface area contributed by atoms with Crippen LogP contribution in [0.4, 0.5) is 0 Å². The molecule has 259 valence electrons. The SMILES string of the molecule is CC(C)c1ccnc(-c2[c-]ccc3c2oc2cc4c(ccc5c[c]([Ge]([CH3])([CH3])[CH3])ccc54)cc23)c1.C[Si](C)(C)c1ccc(-c2[c-]cccc2)nc1.[Ir]. The molecular weight excluding hydrogens is 877 g/mol. The van der Waals surface area contributed by atoms with E-state index in [9.17, 15) is 0 Å². The number of nitrogens with zero attached hydrogens (tertiary/aromatic N) is 2. The first-order valence-electron chi connectivity index (χ1n) is 17.5. The van der Waals surface area contributed by atoms with Crippen molar-refractivity contribution >= 4 is 74.4 Å². The van der Waals surface area contributed by atoms with Crippen LogP contribution >= 0.6 is 0 Å². The molecule has 0 aliphatic heterocycles. The van der Waals surface area contributed by atoms with Gasteiger partial charge in [-0.15, -0.1) is 35.9 Å². The second kappa shape index (κ2) is 14.6. The Labute approximate surface area is 319 Å². The molecule has 0 bridgehead atoms. The average molecular weight is 922 g/mol. The van der Waals surface area contributed by atoms with Gasteiger partial charge in [0.25, 0.3) is 0 Å². The van der Waals surface area contributed by atoms with E-state index in [-0.39, 0.29) is 20.1 Å². The van der Waals surface area contributed by atoms with E-state index in [1.54, 1.807) is 0 Å². The van der Waals surface area contributed by atoms with Crippen molar-refractivity contribution in [2.45, 2.75) is 56.7 Å². The maximum atomic E-state index is 6.51. The fourth-order valence-electron chi connectivity index (χ4n) is 6.45. The summed E-state index contributed by atoms with van der Waals surface area (Å²) in [6.07, 6.45) is 3.90. The minimum Gasteiger partial charge on any atom is -0.305 e. The molecule has 0 aliphatic rings. The van der Waals surface area contributed by atoms with Gasteiger partial charge in [0.2, 0.25) is 0 Å². The molecule has 0 fully saturated rings. The van der Waals surface area contributed by atoms with Crippen LogP contribution in [0.3, 0.4) is 0 Å². The van der Waals surface area contributed by atoms with Crippen LogP contribution in [0.15, 0.2) is 120 Å². The van der Waals surface area contributed by atoms with Gasteiger partial charge in [-0.25, -0.2) is 0 Å². The number of furan rings is 1. The summed E-state index contributed by atoms with van der Waals surface area (Å²) in [6, 6.07) is 43.2. The Balaban J connectivity index is 0.000000222. The van der Waals surface area contributed by atoms with Gasteiger partial charge in [0.05, 0.1) is 8.07 Å². The summed E-state index contributed by atoms with van der Waals surface area (Å²) < 4.78 is 8.05. The van der Waals surface area contributed by atoms with Crippen LogP contribution in [0.1, 0.15) is 25.3 Å². The molecule has 0 atom stereocenters. The number of aromatic nitrogens is 2. The molecule has 1 radical (unpaired) electrons. The Bertz CT molecular complexity index is 2480. The Morgan fingerprint density at radius 3 is 2.14 bits per heavy atom. The second-order valence-corrected chi connectivity index (χ2v) is 31.3. The first kappa shape index (κ1) is 36.9. The van der Waals surface area contributed by atoms with E-state index in [1.165, 1.54) is 36.7 Å². The molecule has 51 heavy (non-hydrogen) atoms. The van der Waals surface area contributed by atoms with Gasteiger partial charge in [0.15, 0.2) is 0 Å². The van der Waals surface area contributed by atoms with Crippen molar-refractivity contribution in [3.05, 3.63) is 133 Å². The topological polar surface area (TPSA) is 38.9 Å². The van der Waals surface area contributed by atoms with E-state index in [0.717, 1.165) is 44.5 Å².